The van der Waals surface area contributed by atoms with Crippen LogP contribution in [0, 0.1) is 6.92 Å². The van der Waals surface area contributed by atoms with E-state index in [1.807, 2.05) is 68.4 Å². The predicted octanol–water partition coefficient (Wildman–Crippen LogP) is 5.25. The van der Waals surface area contributed by atoms with Crippen LogP contribution < -0.4 is 14.4 Å². The third-order valence-corrected chi connectivity index (χ3v) is 8.95. The summed E-state index contributed by atoms with van der Waals surface area (Å²) in [5.41, 5.74) is 3.20. The molecule has 1 N–H and O–H groups in total. The number of nitrogens with zero attached hydrogens (tertiary/aromatic N) is 2. The molecule has 4 rings (SSSR count). The summed E-state index contributed by atoms with van der Waals surface area (Å²) in [6.45, 7) is 4.06. The highest BCUT2D eigenvalue weighted by molar-refractivity contribution is 7.92. The van der Waals surface area contributed by atoms with E-state index in [-0.39, 0.29) is 18.5 Å². The van der Waals surface area contributed by atoms with Crippen LogP contribution in [0.2, 0.25) is 0 Å². The van der Waals surface area contributed by atoms with Crippen molar-refractivity contribution in [2.24, 2.45) is 0 Å². The average molecular weight is 606 g/mol. The van der Waals surface area contributed by atoms with Gasteiger partial charge in [0.15, 0.2) is 0 Å². The van der Waals surface area contributed by atoms with E-state index < -0.39 is 28.5 Å². The maximum atomic E-state index is 14.3. The Morgan fingerprint density at radius 3 is 2.16 bits per heavy atom. The van der Waals surface area contributed by atoms with Crippen molar-refractivity contribution in [3.8, 4) is 5.75 Å². The normalized spacial score (nSPS) is 14.5. The van der Waals surface area contributed by atoms with E-state index in [1.54, 1.807) is 29.2 Å². The number of carbonyl (C=O) groups is 2. The zero-order valence-corrected chi connectivity index (χ0v) is 26.2. The van der Waals surface area contributed by atoms with Crippen molar-refractivity contribution < 1.29 is 22.7 Å². The van der Waals surface area contributed by atoms with Gasteiger partial charge in [-0.15, -0.1) is 0 Å². The minimum Gasteiger partial charge on any atom is -0.494 e. The molecule has 3 aromatic rings. The smallest absolute Gasteiger partial charge is 0.244 e. The highest BCUT2D eigenvalue weighted by atomic mass is 32.2. The molecule has 0 bridgehead atoms. The Kier molecular flexibility index (Phi) is 11.2. The number of hydrogen-bond donors (Lipinski definition) is 1. The molecule has 0 spiro atoms. The predicted molar refractivity (Wildman–Crippen MR) is 170 cm³/mol. The molecule has 43 heavy (non-hydrogen) atoms. The van der Waals surface area contributed by atoms with Gasteiger partial charge in [0.05, 0.1) is 18.6 Å². The van der Waals surface area contributed by atoms with Crippen LogP contribution in [0.25, 0.3) is 0 Å². The largest absolute Gasteiger partial charge is 0.494 e. The van der Waals surface area contributed by atoms with E-state index in [1.165, 1.54) is 0 Å². The molecule has 230 valence electrons. The zero-order chi connectivity index (χ0) is 30.8. The van der Waals surface area contributed by atoms with Gasteiger partial charge in [0.1, 0.15) is 18.3 Å². The summed E-state index contributed by atoms with van der Waals surface area (Å²) in [5, 5.41) is 3.22. The van der Waals surface area contributed by atoms with Crippen LogP contribution in [-0.2, 0) is 32.6 Å². The van der Waals surface area contributed by atoms with Gasteiger partial charge in [-0.2, -0.15) is 0 Å². The first-order valence-electron chi connectivity index (χ1n) is 15.0. The van der Waals surface area contributed by atoms with Crippen LogP contribution in [0.5, 0.6) is 5.75 Å². The molecular weight excluding hydrogens is 562 g/mol. The van der Waals surface area contributed by atoms with Gasteiger partial charge in [-0.25, -0.2) is 8.42 Å². The summed E-state index contributed by atoms with van der Waals surface area (Å²) in [6.07, 6.45) is 6.49. The topological polar surface area (TPSA) is 96.0 Å². The van der Waals surface area contributed by atoms with Crippen LogP contribution in [0.15, 0.2) is 78.9 Å². The van der Waals surface area contributed by atoms with Crippen molar-refractivity contribution in [1.82, 2.24) is 10.2 Å². The van der Waals surface area contributed by atoms with E-state index >= 15 is 0 Å². The lowest BCUT2D eigenvalue weighted by atomic mass is 9.94. The minimum atomic E-state index is -3.83. The summed E-state index contributed by atoms with van der Waals surface area (Å²) in [7, 11) is -3.83. The number of nitrogens with one attached hydrogen (secondary N) is 1. The molecule has 0 radical (unpaired) electrons. The first-order chi connectivity index (χ1) is 20.6. The Morgan fingerprint density at radius 1 is 0.907 bits per heavy atom. The van der Waals surface area contributed by atoms with Gasteiger partial charge in [-0.05, 0) is 62.1 Å². The molecule has 1 atom stereocenters. The standard InChI is InChI=1S/C34H43N3O5S/c1-4-42-31-21-19-30(20-22-31)37(43(3,40)41)25-33(38)36(24-28-17-15-26(2)16-18-28)32(23-27-11-7-5-8-12-27)34(39)35-29-13-9-6-10-14-29/h5,7-8,11-12,15-22,29,32H,4,6,9-10,13-14,23-25H2,1-3H3,(H,35,39)/t32-/m0/s1. The highest BCUT2D eigenvalue weighted by Gasteiger charge is 2.34. The van der Waals surface area contributed by atoms with Crippen molar-refractivity contribution in [3.63, 3.8) is 0 Å². The number of amides is 2. The van der Waals surface area contributed by atoms with Gasteiger partial charge >= 0.3 is 0 Å². The first kappa shape index (κ1) is 32.1. The Balaban J connectivity index is 1.70. The van der Waals surface area contributed by atoms with Gasteiger partial charge in [0.2, 0.25) is 21.8 Å². The lowest BCUT2D eigenvalue weighted by Gasteiger charge is -2.35. The molecular formula is C34H43N3O5S. The fourth-order valence-corrected chi connectivity index (χ4v) is 6.33. The Labute approximate surface area is 256 Å². The third kappa shape index (κ3) is 9.32. The Hall–Kier alpha value is -3.85. The lowest BCUT2D eigenvalue weighted by molar-refractivity contribution is -0.140. The van der Waals surface area contributed by atoms with Crippen LogP contribution in [0.1, 0.15) is 55.7 Å². The maximum absolute atomic E-state index is 14.3. The fourth-order valence-electron chi connectivity index (χ4n) is 5.48. The van der Waals surface area contributed by atoms with E-state index in [2.05, 4.69) is 5.32 Å². The Bertz CT molecular complexity index is 1440. The molecule has 0 aromatic heterocycles. The average Bonchev–Trinajstić information content (AvgIpc) is 2.99. The quantitative estimate of drug-likeness (QED) is 0.287. The van der Waals surface area contributed by atoms with Crippen molar-refractivity contribution in [3.05, 3.63) is 95.6 Å². The number of aryl methyl sites for hydroxylation is 1. The van der Waals surface area contributed by atoms with Crippen molar-refractivity contribution in [1.29, 1.82) is 0 Å². The van der Waals surface area contributed by atoms with Gasteiger partial charge in [-0.3, -0.25) is 13.9 Å². The van der Waals surface area contributed by atoms with E-state index in [4.69, 9.17) is 4.74 Å². The Morgan fingerprint density at radius 2 is 1.56 bits per heavy atom. The number of hydrogen-bond acceptors (Lipinski definition) is 5. The number of ether oxygens (including phenoxy) is 1. The fraction of sp³-hybridized carbons (Fsp3) is 0.412. The molecule has 8 nitrogen and oxygen atoms in total. The lowest BCUT2D eigenvalue weighted by Crippen LogP contribution is -2.55. The van der Waals surface area contributed by atoms with Crippen LogP contribution in [0.3, 0.4) is 0 Å². The second kappa shape index (κ2) is 15.0. The maximum Gasteiger partial charge on any atom is 0.244 e. The molecule has 9 heteroatoms. The monoisotopic (exact) mass is 605 g/mol. The zero-order valence-electron chi connectivity index (χ0n) is 25.4. The van der Waals surface area contributed by atoms with Crippen molar-refractivity contribution in [2.75, 3.05) is 23.7 Å². The molecule has 0 aliphatic heterocycles. The third-order valence-electron chi connectivity index (χ3n) is 7.81. The van der Waals surface area contributed by atoms with Crippen LogP contribution >= 0.6 is 0 Å². The molecule has 0 unspecified atom stereocenters. The van der Waals surface area contributed by atoms with Gasteiger partial charge in [-0.1, -0.05) is 79.4 Å². The van der Waals surface area contributed by atoms with Crippen molar-refractivity contribution in [2.45, 2.75) is 71.0 Å². The van der Waals surface area contributed by atoms with Gasteiger partial charge in [0, 0.05) is 19.0 Å². The molecule has 1 aliphatic carbocycles. The van der Waals surface area contributed by atoms with Crippen LogP contribution in [-0.4, -0.2) is 56.6 Å². The van der Waals surface area contributed by atoms with Crippen molar-refractivity contribution >= 4 is 27.5 Å². The molecule has 2 amide bonds. The van der Waals surface area contributed by atoms with Gasteiger partial charge in [0.25, 0.3) is 0 Å². The second-order valence-electron chi connectivity index (χ2n) is 11.3. The summed E-state index contributed by atoms with van der Waals surface area (Å²) in [4.78, 5) is 29.8. The van der Waals surface area contributed by atoms with E-state index in [0.29, 0.717) is 24.5 Å². The first-order valence-corrected chi connectivity index (χ1v) is 16.9. The minimum absolute atomic E-state index is 0.0622. The number of benzene rings is 3. The molecule has 3 aromatic carbocycles. The second-order valence-corrected chi connectivity index (χ2v) is 13.2. The summed E-state index contributed by atoms with van der Waals surface area (Å²) in [6, 6.07) is 23.3. The van der Waals surface area contributed by atoms with Gasteiger partial charge < -0.3 is 15.0 Å². The molecule has 1 saturated carbocycles. The molecule has 1 fully saturated rings. The summed E-state index contributed by atoms with van der Waals surface area (Å²) < 4.78 is 32.6. The summed E-state index contributed by atoms with van der Waals surface area (Å²) >= 11 is 0. The van der Waals surface area contributed by atoms with Crippen LogP contribution in [0.4, 0.5) is 5.69 Å². The highest BCUT2D eigenvalue weighted by Crippen LogP contribution is 2.24. The number of rotatable bonds is 13. The van der Waals surface area contributed by atoms with E-state index in [0.717, 1.165) is 59.4 Å². The molecule has 0 heterocycles. The summed E-state index contributed by atoms with van der Waals surface area (Å²) in [5.74, 6) is -0.0721. The number of sulfonamides is 1. The molecule has 0 saturated heterocycles. The van der Waals surface area contributed by atoms with E-state index in [9.17, 15) is 18.0 Å². The number of anilines is 1. The molecule has 1 aliphatic rings. The SMILES string of the molecule is CCOc1ccc(N(CC(=O)N(Cc2ccc(C)cc2)[C@@H](Cc2ccccc2)C(=O)NC2CCCCC2)S(C)(=O)=O)cc1. The number of carbonyl (C=O) groups excluding carboxylic acids is 2.